The summed E-state index contributed by atoms with van der Waals surface area (Å²) in [4.78, 5) is 13.8. The van der Waals surface area contributed by atoms with Crippen LogP contribution in [0.3, 0.4) is 0 Å². The summed E-state index contributed by atoms with van der Waals surface area (Å²) in [5, 5.41) is 0. The van der Waals surface area contributed by atoms with Crippen molar-refractivity contribution < 1.29 is 18.7 Å². The molecule has 0 aromatic heterocycles. The molecule has 1 aliphatic rings. The molecule has 0 saturated carbocycles. The molecular formula is C15H20FNO3. The normalized spacial score (nSPS) is 18.6. The Morgan fingerprint density at radius 1 is 1.40 bits per heavy atom. The molecule has 5 heteroatoms. The lowest BCUT2D eigenvalue weighted by Crippen LogP contribution is -2.47. The third kappa shape index (κ3) is 3.28. The predicted molar refractivity (Wildman–Crippen MR) is 74.3 cm³/mol. The number of hydrogen-bond donors (Lipinski definition) is 0. The van der Waals surface area contributed by atoms with Crippen molar-refractivity contribution in [3.8, 4) is 0 Å². The Bertz CT molecular complexity index is 484. The molecular weight excluding hydrogens is 261 g/mol. The highest BCUT2D eigenvalue weighted by Crippen LogP contribution is 2.32. The van der Waals surface area contributed by atoms with Crippen molar-refractivity contribution >= 4 is 11.8 Å². The van der Waals surface area contributed by atoms with Gasteiger partial charge in [0.2, 0.25) is 0 Å². The largest absolute Gasteiger partial charge is 0.443 e. The minimum Gasteiger partial charge on any atom is -0.443 e. The zero-order chi connectivity index (χ0) is 14.8. The number of carbonyl (C=O) groups excluding carboxylic acids is 1. The molecule has 0 radical (unpaired) electrons. The topological polar surface area (TPSA) is 38.8 Å². The number of hydrogen-bond acceptors (Lipinski definition) is 3. The van der Waals surface area contributed by atoms with Gasteiger partial charge in [0.15, 0.2) is 6.86 Å². The molecule has 4 nitrogen and oxygen atoms in total. The van der Waals surface area contributed by atoms with E-state index < -0.39 is 24.8 Å². The molecule has 1 unspecified atom stereocenters. The molecule has 20 heavy (non-hydrogen) atoms. The maximum atomic E-state index is 12.5. The van der Waals surface area contributed by atoms with Crippen molar-refractivity contribution in [2.75, 3.05) is 11.8 Å². The van der Waals surface area contributed by atoms with Gasteiger partial charge in [-0.1, -0.05) is 18.2 Å². The summed E-state index contributed by atoms with van der Waals surface area (Å²) in [7, 11) is 0. The lowest BCUT2D eigenvalue weighted by molar-refractivity contribution is -0.0182. The minimum absolute atomic E-state index is 0.511. The number of aryl methyl sites for hydroxylation is 1. The van der Waals surface area contributed by atoms with Crippen LogP contribution >= 0.6 is 0 Å². The van der Waals surface area contributed by atoms with Crippen LogP contribution in [0.2, 0.25) is 0 Å². The minimum atomic E-state index is -0.924. The molecule has 2 rings (SSSR count). The molecule has 0 saturated heterocycles. The van der Waals surface area contributed by atoms with E-state index >= 15 is 0 Å². The van der Waals surface area contributed by atoms with Gasteiger partial charge in [-0.25, -0.2) is 9.18 Å². The van der Waals surface area contributed by atoms with Crippen LogP contribution in [0.4, 0.5) is 14.9 Å². The van der Waals surface area contributed by atoms with E-state index in [1.165, 1.54) is 4.90 Å². The molecule has 1 aromatic carbocycles. The van der Waals surface area contributed by atoms with Gasteiger partial charge in [-0.15, -0.1) is 0 Å². The Balaban J connectivity index is 2.31. The fourth-order valence-corrected chi connectivity index (χ4v) is 2.28. The van der Waals surface area contributed by atoms with Crippen LogP contribution in [0.15, 0.2) is 24.3 Å². The summed E-state index contributed by atoms with van der Waals surface area (Å²) in [5.41, 5.74) is 1.16. The lowest BCUT2D eigenvalue weighted by atomic mass is 10.0. The van der Waals surface area contributed by atoms with E-state index in [2.05, 4.69) is 0 Å². The fourth-order valence-electron chi connectivity index (χ4n) is 2.28. The van der Waals surface area contributed by atoms with E-state index in [4.69, 9.17) is 9.47 Å². The molecule has 1 aromatic rings. The molecule has 1 atom stereocenters. The van der Waals surface area contributed by atoms with Crippen molar-refractivity contribution in [2.24, 2.45) is 0 Å². The first kappa shape index (κ1) is 14.8. The van der Waals surface area contributed by atoms with Gasteiger partial charge in [0, 0.05) is 0 Å². The molecule has 0 fully saturated rings. The number of amides is 1. The van der Waals surface area contributed by atoms with E-state index in [1.54, 1.807) is 20.8 Å². The van der Waals surface area contributed by atoms with Gasteiger partial charge in [0.05, 0.1) is 5.69 Å². The van der Waals surface area contributed by atoms with Crippen LogP contribution in [0.5, 0.6) is 0 Å². The number of carbonyl (C=O) groups is 1. The second-order valence-electron chi connectivity index (χ2n) is 5.75. The third-order valence-electron chi connectivity index (χ3n) is 3.05. The number of rotatable bonds is 2. The Kier molecular flexibility index (Phi) is 4.28. The fraction of sp³-hybridized carbons (Fsp3) is 0.533. The van der Waals surface area contributed by atoms with Gasteiger partial charge >= 0.3 is 6.09 Å². The maximum Gasteiger partial charge on any atom is 0.416 e. The molecule has 1 amide bonds. The monoisotopic (exact) mass is 281 g/mol. The van der Waals surface area contributed by atoms with Crippen molar-refractivity contribution in [2.45, 2.75) is 45.4 Å². The van der Waals surface area contributed by atoms with Crippen LogP contribution < -0.4 is 4.90 Å². The van der Waals surface area contributed by atoms with Crippen LogP contribution in [-0.4, -0.2) is 24.8 Å². The highest BCUT2D eigenvalue weighted by atomic mass is 19.1. The van der Waals surface area contributed by atoms with Gasteiger partial charge in [-0.3, -0.25) is 4.90 Å². The van der Waals surface area contributed by atoms with Gasteiger partial charge in [-0.2, -0.15) is 0 Å². The first-order valence-electron chi connectivity index (χ1n) is 6.70. The molecule has 1 heterocycles. The number of para-hydroxylation sites is 1. The summed E-state index contributed by atoms with van der Waals surface area (Å²) in [6.07, 6.45) is 0.174. The molecule has 1 aliphatic heterocycles. The number of nitrogens with zero attached hydrogens (tertiary/aromatic N) is 1. The number of anilines is 1. The maximum absolute atomic E-state index is 12.5. The number of alkyl halides is 1. The zero-order valence-electron chi connectivity index (χ0n) is 12.1. The van der Waals surface area contributed by atoms with Crippen LogP contribution in [0.1, 0.15) is 32.8 Å². The summed E-state index contributed by atoms with van der Waals surface area (Å²) >= 11 is 0. The number of benzene rings is 1. The summed E-state index contributed by atoms with van der Waals surface area (Å²) in [5.74, 6) is 0. The molecule has 0 aliphatic carbocycles. The molecule has 0 N–H and O–H groups in total. The third-order valence-corrected chi connectivity index (χ3v) is 3.05. The number of ether oxygens (including phenoxy) is 2. The van der Waals surface area contributed by atoms with E-state index in [9.17, 15) is 9.18 Å². The first-order valence-corrected chi connectivity index (χ1v) is 6.70. The van der Waals surface area contributed by atoms with Crippen molar-refractivity contribution in [1.29, 1.82) is 0 Å². The van der Waals surface area contributed by atoms with E-state index in [-0.39, 0.29) is 0 Å². The van der Waals surface area contributed by atoms with E-state index in [0.29, 0.717) is 6.42 Å². The van der Waals surface area contributed by atoms with Crippen molar-refractivity contribution in [1.82, 2.24) is 0 Å². The predicted octanol–water partition coefficient (Wildman–Crippen LogP) is 3.64. The van der Waals surface area contributed by atoms with Gasteiger partial charge in [0.25, 0.3) is 0 Å². The first-order chi connectivity index (χ1) is 9.42. The Labute approximate surface area is 118 Å². The highest BCUT2D eigenvalue weighted by molar-refractivity contribution is 5.90. The van der Waals surface area contributed by atoms with Crippen LogP contribution in [-0.2, 0) is 15.9 Å². The lowest BCUT2D eigenvalue weighted by Gasteiger charge is -2.37. The standard InChI is InChI=1S/C15H20FNO3/c1-15(2,3)20-14(18)17-12-7-5-4-6-11(12)8-9-13(17)19-10-16/h4-7,13H,8-10H2,1-3H3. The second kappa shape index (κ2) is 5.79. The van der Waals surface area contributed by atoms with Crippen LogP contribution in [0.25, 0.3) is 0 Å². The molecule has 0 spiro atoms. The average Bonchev–Trinajstić information content (AvgIpc) is 2.36. The number of halogens is 1. The second-order valence-corrected chi connectivity index (χ2v) is 5.75. The SMILES string of the molecule is CC(C)(C)OC(=O)N1c2ccccc2CCC1OCF. The van der Waals surface area contributed by atoms with E-state index in [0.717, 1.165) is 17.7 Å². The van der Waals surface area contributed by atoms with E-state index in [1.807, 2.05) is 24.3 Å². The zero-order valence-corrected chi connectivity index (χ0v) is 12.1. The van der Waals surface area contributed by atoms with Crippen molar-refractivity contribution in [3.63, 3.8) is 0 Å². The Morgan fingerprint density at radius 2 is 2.10 bits per heavy atom. The highest BCUT2D eigenvalue weighted by Gasteiger charge is 2.34. The van der Waals surface area contributed by atoms with Gasteiger partial charge < -0.3 is 9.47 Å². The van der Waals surface area contributed by atoms with Gasteiger partial charge in [0.1, 0.15) is 11.8 Å². The Hall–Kier alpha value is -1.62. The molecule has 0 bridgehead atoms. The smallest absolute Gasteiger partial charge is 0.416 e. The molecule has 110 valence electrons. The summed E-state index contributed by atoms with van der Waals surface area (Å²) < 4.78 is 23.0. The summed E-state index contributed by atoms with van der Waals surface area (Å²) in [6.45, 7) is 4.47. The average molecular weight is 281 g/mol. The quantitative estimate of drug-likeness (QED) is 0.830. The summed E-state index contributed by atoms with van der Waals surface area (Å²) in [6, 6.07) is 7.54. The van der Waals surface area contributed by atoms with Gasteiger partial charge in [-0.05, 0) is 45.2 Å². The Morgan fingerprint density at radius 3 is 2.75 bits per heavy atom. The number of fused-ring (bicyclic) bond motifs is 1. The van der Waals surface area contributed by atoms with Crippen LogP contribution in [0, 0.1) is 0 Å². The van der Waals surface area contributed by atoms with Crippen molar-refractivity contribution in [3.05, 3.63) is 29.8 Å².